The zero-order valence-corrected chi connectivity index (χ0v) is 21.3. The van der Waals surface area contributed by atoms with Gasteiger partial charge in [-0.15, -0.1) is 10.1 Å². The molecule has 0 unspecified atom stereocenters. The van der Waals surface area contributed by atoms with Gasteiger partial charge < -0.3 is 19.0 Å². The first-order valence-electron chi connectivity index (χ1n) is 10.6. The predicted molar refractivity (Wildman–Crippen MR) is 139 cm³/mol. The van der Waals surface area contributed by atoms with E-state index in [1.165, 1.54) is 34.6 Å². The van der Waals surface area contributed by atoms with Crippen LogP contribution in [0.1, 0.15) is 15.9 Å². The van der Waals surface area contributed by atoms with Crippen molar-refractivity contribution < 1.29 is 33.7 Å². The highest BCUT2D eigenvalue weighted by molar-refractivity contribution is 7.80. The average molecular weight is 556 g/mol. The summed E-state index contributed by atoms with van der Waals surface area (Å²) >= 11 is 5.17. The molecule has 9 nitrogen and oxygen atoms in total. The highest BCUT2D eigenvalue weighted by Crippen LogP contribution is 2.31. The smallest absolute Gasteiger partial charge is 0.349 e. The van der Waals surface area contributed by atoms with Gasteiger partial charge in [-0.05, 0) is 65.7 Å². The summed E-state index contributed by atoms with van der Waals surface area (Å²) in [5.74, 6) is -0.722. The Morgan fingerprint density at radius 2 is 1.68 bits per heavy atom. The summed E-state index contributed by atoms with van der Waals surface area (Å²) in [5, 5.41) is 9.44. The summed E-state index contributed by atoms with van der Waals surface area (Å²) in [6.07, 6.45) is 0. The fraction of sp³-hybridized carbons (Fsp3) is 0.0800. The fourth-order valence-corrected chi connectivity index (χ4v) is 5.51. The van der Waals surface area contributed by atoms with E-state index in [2.05, 4.69) is 4.84 Å². The standard InChI is InChI=1S/C25H17NO8S3/c27-23(33-19-5-3-4-16(12-19)14-32-26(29)30)15-31-21-7-2-1-6-20(21)25(28)34-18-10-8-17(9-11-18)22-13-24(35)37-36-22/h1-13H,14-15H2. The van der Waals surface area contributed by atoms with E-state index in [1.54, 1.807) is 46.7 Å². The number of hydrogen-bond acceptors (Lipinski definition) is 11. The second-order valence-electron chi connectivity index (χ2n) is 7.31. The van der Waals surface area contributed by atoms with Crippen LogP contribution < -0.4 is 14.2 Å². The van der Waals surface area contributed by atoms with Crippen LogP contribution in [0.4, 0.5) is 0 Å². The average Bonchev–Trinajstić information content (AvgIpc) is 3.33. The molecule has 0 amide bonds. The molecule has 0 atom stereocenters. The normalized spacial score (nSPS) is 10.4. The molecule has 0 saturated heterocycles. The van der Waals surface area contributed by atoms with Gasteiger partial charge in [-0.2, -0.15) is 0 Å². The summed E-state index contributed by atoms with van der Waals surface area (Å²) in [6, 6.07) is 21.4. The van der Waals surface area contributed by atoms with E-state index in [0.29, 0.717) is 11.3 Å². The van der Waals surface area contributed by atoms with E-state index >= 15 is 0 Å². The van der Waals surface area contributed by atoms with Crippen LogP contribution in [0.2, 0.25) is 0 Å². The summed E-state index contributed by atoms with van der Waals surface area (Å²) < 4.78 is 17.0. The minimum Gasteiger partial charge on any atom is -0.481 e. The van der Waals surface area contributed by atoms with Gasteiger partial charge in [0.1, 0.15) is 33.2 Å². The molecule has 0 aliphatic carbocycles. The summed E-state index contributed by atoms with van der Waals surface area (Å²) in [4.78, 5) is 40.8. The Labute approximate surface area is 222 Å². The predicted octanol–water partition coefficient (Wildman–Crippen LogP) is 6.12. The maximum Gasteiger partial charge on any atom is 0.349 e. The van der Waals surface area contributed by atoms with Crippen LogP contribution in [0, 0.1) is 13.9 Å². The third-order valence-electron chi connectivity index (χ3n) is 4.73. The molecule has 0 saturated carbocycles. The monoisotopic (exact) mass is 555 g/mol. The van der Waals surface area contributed by atoms with Gasteiger partial charge in [-0.3, -0.25) is 0 Å². The van der Waals surface area contributed by atoms with Gasteiger partial charge in [0, 0.05) is 4.88 Å². The van der Waals surface area contributed by atoms with E-state index in [1.807, 2.05) is 18.2 Å². The molecule has 0 fully saturated rings. The van der Waals surface area contributed by atoms with Crippen molar-refractivity contribution in [1.29, 1.82) is 0 Å². The second kappa shape index (κ2) is 12.2. The molecular weight excluding hydrogens is 538 g/mol. The lowest BCUT2D eigenvalue weighted by atomic mass is 10.2. The number of para-hydroxylation sites is 1. The SMILES string of the molecule is O=C(COc1ccccc1C(=O)Oc1ccc(-c2cc(=S)ss2)cc1)Oc1cccc(CO[N+](=O)[O-])c1. The summed E-state index contributed by atoms with van der Waals surface area (Å²) in [7, 11) is 3.10. The molecular formula is C25H17NO8S3. The quantitative estimate of drug-likeness (QED) is 0.0570. The van der Waals surface area contributed by atoms with Crippen molar-refractivity contribution in [3.63, 3.8) is 0 Å². The molecule has 1 aromatic heterocycles. The van der Waals surface area contributed by atoms with Crippen molar-refractivity contribution in [2.45, 2.75) is 6.61 Å². The lowest BCUT2D eigenvalue weighted by Crippen LogP contribution is -2.19. The van der Waals surface area contributed by atoms with Gasteiger partial charge in [-0.25, -0.2) is 9.59 Å². The summed E-state index contributed by atoms with van der Waals surface area (Å²) in [6.45, 7) is -0.766. The maximum absolute atomic E-state index is 12.8. The van der Waals surface area contributed by atoms with Crippen LogP contribution in [0.25, 0.3) is 10.4 Å². The van der Waals surface area contributed by atoms with Gasteiger partial charge in [0.25, 0.3) is 5.09 Å². The highest BCUT2D eigenvalue weighted by atomic mass is 32.9. The number of ether oxygens (including phenoxy) is 3. The van der Waals surface area contributed by atoms with E-state index in [0.717, 1.165) is 14.3 Å². The third kappa shape index (κ3) is 7.43. The molecule has 0 aliphatic heterocycles. The molecule has 188 valence electrons. The van der Waals surface area contributed by atoms with Gasteiger partial charge in [0.05, 0.1) is 0 Å². The Hall–Kier alpha value is -4.13. The molecule has 0 radical (unpaired) electrons. The second-order valence-corrected chi connectivity index (χ2v) is 10.2. The molecule has 0 spiro atoms. The topological polar surface area (TPSA) is 114 Å². The first-order chi connectivity index (χ1) is 17.9. The number of hydrogen-bond donors (Lipinski definition) is 0. The maximum atomic E-state index is 12.8. The van der Waals surface area contributed by atoms with Crippen molar-refractivity contribution in [2.24, 2.45) is 0 Å². The molecule has 3 aromatic carbocycles. The van der Waals surface area contributed by atoms with Crippen molar-refractivity contribution >= 4 is 44.8 Å². The lowest BCUT2D eigenvalue weighted by Gasteiger charge is -2.11. The molecule has 0 bridgehead atoms. The minimum absolute atomic E-state index is 0.133. The third-order valence-corrected chi connectivity index (χ3v) is 7.64. The number of esters is 2. The number of benzene rings is 3. The fourth-order valence-electron chi connectivity index (χ4n) is 3.11. The Balaban J connectivity index is 1.35. The van der Waals surface area contributed by atoms with Crippen LogP contribution in [0.15, 0.2) is 78.9 Å². The first-order valence-corrected chi connectivity index (χ1v) is 13.1. The molecule has 4 aromatic rings. The number of nitrogens with zero attached hydrogens (tertiary/aromatic N) is 1. The Morgan fingerprint density at radius 1 is 0.892 bits per heavy atom. The van der Waals surface area contributed by atoms with Crippen LogP contribution in [-0.4, -0.2) is 23.6 Å². The Bertz CT molecular complexity index is 1480. The van der Waals surface area contributed by atoms with E-state index < -0.39 is 23.6 Å². The molecule has 0 aliphatic rings. The zero-order valence-electron chi connectivity index (χ0n) is 18.9. The minimum atomic E-state index is -0.910. The molecule has 4 rings (SSSR count). The van der Waals surface area contributed by atoms with E-state index in [-0.39, 0.29) is 23.7 Å². The van der Waals surface area contributed by atoms with Crippen LogP contribution in [0.5, 0.6) is 17.2 Å². The van der Waals surface area contributed by atoms with E-state index in [9.17, 15) is 19.7 Å². The first kappa shape index (κ1) is 25.9. The highest BCUT2D eigenvalue weighted by Gasteiger charge is 2.17. The number of rotatable bonds is 10. The molecule has 12 heteroatoms. The number of carbonyl (C=O) groups excluding carboxylic acids is 2. The Morgan fingerprint density at radius 3 is 2.41 bits per heavy atom. The van der Waals surface area contributed by atoms with Gasteiger partial charge in [0.15, 0.2) is 6.61 Å². The van der Waals surface area contributed by atoms with Gasteiger partial charge in [0.2, 0.25) is 0 Å². The van der Waals surface area contributed by atoms with Crippen LogP contribution in [0.3, 0.4) is 0 Å². The molecule has 0 N–H and O–H groups in total. The summed E-state index contributed by atoms with van der Waals surface area (Å²) in [5.41, 5.74) is 1.55. The molecule has 37 heavy (non-hydrogen) atoms. The lowest BCUT2D eigenvalue weighted by molar-refractivity contribution is -0.763. The van der Waals surface area contributed by atoms with Crippen LogP contribution in [-0.2, 0) is 16.2 Å². The van der Waals surface area contributed by atoms with Crippen molar-refractivity contribution in [2.75, 3.05) is 6.61 Å². The van der Waals surface area contributed by atoms with Crippen molar-refractivity contribution in [3.05, 3.63) is 104 Å². The zero-order chi connectivity index (χ0) is 26.2. The van der Waals surface area contributed by atoms with Crippen molar-refractivity contribution in [1.82, 2.24) is 0 Å². The van der Waals surface area contributed by atoms with Crippen molar-refractivity contribution in [3.8, 4) is 27.7 Å². The van der Waals surface area contributed by atoms with E-state index in [4.69, 9.17) is 26.4 Å². The Kier molecular flexibility index (Phi) is 8.56. The number of carbonyl (C=O) groups is 2. The van der Waals surface area contributed by atoms with Crippen LogP contribution >= 0.6 is 32.9 Å². The largest absolute Gasteiger partial charge is 0.481 e. The van der Waals surface area contributed by atoms with Gasteiger partial charge >= 0.3 is 11.9 Å². The molecule has 1 heterocycles. The van der Waals surface area contributed by atoms with Gasteiger partial charge in [-0.1, -0.05) is 57.2 Å².